The lowest BCUT2D eigenvalue weighted by Gasteiger charge is -2.11. The van der Waals surface area contributed by atoms with Crippen LogP contribution in [0.5, 0.6) is 28.7 Å². The molecule has 0 aromatic heterocycles. The summed E-state index contributed by atoms with van der Waals surface area (Å²) >= 11 is 0. The number of nitrogens with one attached hydrogen (secondary N) is 1. The Morgan fingerprint density at radius 2 is 1.18 bits per heavy atom. The molecule has 0 bridgehead atoms. The van der Waals surface area contributed by atoms with E-state index < -0.39 is 0 Å². The molecule has 0 aliphatic heterocycles. The molecule has 0 unspecified atom stereocenters. The number of aromatic hydroxyl groups is 1. The van der Waals surface area contributed by atoms with Gasteiger partial charge in [0.25, 0.3) is 0 Å². The van der Waals surface area contributed by atoms with Gasteiger partial charge in [-0.25, -0.2) is 0 Å². The minimum absolute atomic E-state index is 0.0211. The zero-order chi connectivity index (χ0) is 42.3. The van der Waals surface area contributed by atoms with E-state index >= 15 is 0 Å². The lowest BCUT2D eigenvalue weighted by atomic mass is 10.1. The molecule has 0 amide bonds. The van der Waals surface area contributed by atoms with Crippen LogP contribution in [0.3, 0.4) is 0 Å². The number of aryl methyl sites for hydroxylation is 1. The minimum atomic E-state index is 0.0211. The van der Waals surface area contributed by atoms with Crippen molar-refractivity contribution in [2.24, 2.45) is 30.7 Å². The topological polar surface area (TPSA) is 143 Å². The fraction of sp³-hybridized carbons (Fsp3) is 0.143. The molecule has 0 radical (unpaired) electrons. The van der Waals surface area contributed by atoms with E-state index in [4.69, 9.17) is 24.1 Å². The predicted octanol–water partition coefficient (Wildman–Crippen LogP) is 15.0. The lowest BCUT2D eigenvalue weighted by molar-refractivity contribution is 0.318. The van der Waals surface area contributed by atoms with Crippen molar-refractivity contribution in [2.75, 3.05) is 33.3 Å². The maximum absolute atomic E-state index is 11.2. The van der Waals surface area contributed by atoms with E-state index in [0.717, 1.165) is 67.5 Å². The largest absolute Gasteiger partial charge is 0.505 e. The van der Waals surface area contributed by atoms with Crippen molar-refractivity contribution in [3.05, 3.63) is 139 Å². The van der Waals surface area contributed by atoms with Crippen molar-refractivity contribution < 1.29 is 24.1 Å². The number of azo groups is 3. The van der Waals surface area contributed by atoms with E-state index in [1.54, 1.807) is 33.5 Å². The van der Waals surface area contributed by atoms with Gasteiger partial charge in [0.15, 0.2) is 5.75 Å². The Kier molecular flexibility index (Phi) is 11.8. The molecule has 61 heavy (non-hydrogen) atoms. The van der Waals surface area contributed by atoms with Crippen molar-refractivity contribution in [1.82, 2.24) is 0 Å². The minimum Gasteiger partial charge on any atom is -0.505 e. The van der Waals surface area contributed by atoms with E-state index in [0.29, 0.717) is 51.9 Å². The summed E-state index contributed by atoms with van der Waals surface area (Å²) in [6.07, 6.45) is 0.953. The molecule has 8 aromatic carbocycles. The highest BCUT2D eigenvalue weighted by Crippen LogP contribution is 2.44. The van der Waals surface area contributed by atoms with Crippen molar-refractivity contribution in [1.29, 1.82) is 0 Å². The van der Waals surface area contributed by atoms with Gasteiger partial charge in [-0.1, -0.05) is 49.4 Å². The molecule has 8 rings (SSSR count). The fourth-order valence-corrected chi connectivity index (χ4v) is 6.88. The summed E-state index contributed by atoms with van der Waals surface area (Å²) in [7, 11) is 4.78. The Balaban J connectivity index is 1.02. The first-order valence-electron chi connectivity index (χ1n) is 19.7. The lowest BCUT2D eigenvalue weighted by Crippen LogP contribution is -1.94. The van der Waals surface area contributed by atoms with E-state index in [9.17, 15) is 5.11 Å². The van der Waals surface area contributed by atoms with Crippen LogP contribution in [0.15, 0.2) is 164 Å². The van der Waals surface area contributed by atoms with Crippen LogP contribution < -0.4 is 24.3 Å². The highest BCUT2D eigenvalue weighted by Gasteiger charge is 2.15. The van der Waals surface area contributed by atoms with Gasteiger partial charge in [0.2, 0.25) is 0 Å². The maximum atomic E-state index is 11.2. The number of nitrogens with zero attached hydrogens (tertiary/aromatic N) is 6. The Hall–Kier alpha value is -7.86. The van der Waals surface area contributed by atoms with Crippen LogP contribution in [0, 0.1) is 6.92 Å². The molecule has 0 aliphatic rings. The number of hydrogen-bond acceptors (Lipinski definition) is 12. The molecule has 0 atom stereocenters. The highest BCUT2D eigenvalue weighted by atomic mass is 16.5. The molecule has 0 saturated heterocycles. The smallest absolute Gasteiger partial charge is 0.150 e. The Bertz CT molecular complexity index is 2980. The third-order valence-corrected chi connectivity index (χ3v) is 10.1. The van der Waals surface area contributed by atoms with Crippen LogP contribution >= 0.6 is 0 Å². The summed E-state index contributed by atoms with van der Waals surface area (Å²) in [5, 5.41) is 47.3. The Labute approximate surface area is 352 Å². The van der Waals surface area contributed by atoms with Gasteiger partial charge in [-0.05, 0) is 114 Å². The first-order valence-corrected chi connectivity index (χ1v) is 19.7. The van der Waals surface area contributed by atoms with Gasteiger partial charge in [0.05, 0.1) is 45.0 Å². The van der Waals surface area contributed by atoms with Gasteiger partial charge in [-0.3, -0.25) is 0 Å². The number of hydrogen-bond donors (Lipinski definition) is 2. The molecule has 0 saturated carbocycles. The molecule has 304 valence electrons. The number of fused-ring (bicyclic) bond motifs is 3. The van der Waals surface area contributed by atoms with Crippen LogP contribution in [0.4, 0.5) is 45.5 Å². The summed E-state index contributed by atoms with van der Waals surface area (Å²) < 4.78 is 22.6. The zero-order valence-electron chi connectivity index (χ0n) is 34.4. The monoisotopic (exact) mass is 809 g/mol. The average molecular weight is 810 g/mol. The molecule has 8 aromatic rings. The molecule has 0 heterocycles. The second kappa shape index (κ2) is 18.0. The standard InChI is InChI=1S/C49H43N7O5/c1-6-23-61-38-18-12-31-25-36(14-11-32(31)27-38)51-54-44-29-47(60-5)48(41-10-8-7-9-40(41)44)56-53-43-28-46(59-4)45(24-30(43)2)55-52-42-22-13-33-26-35(17-21-39(33)49(42)57)50-34-15-19-37(58-3)20-16-34/h7-22,24-29,50,57H,6,23H2,1-5H3. The van der Waals surface area contributed by atoms with E-state index in [1.165, 1.54) is 0 Å². The first-order chi connectivity index (χ1) is 29.8. The van der Waals surface area contributed by atoms with Crippen molar-refractivity contribution in [2.45, 2.75) is 20.3 Å². The van der Waals surface area contributed by atoms with Crippen molar-refractivity contribution in [3.63, 3.8) is 0 Å². The molecular weight excluding hydrogens is 767 g/mol. The molecule has 0 aliphatic carbocycles. The van der Waals surface area contributed by atoms with Gasteiger partial charge < -0.3 is 29.4 Å². The molecule has 2 N–H and O–H groups in total. The summed E-state index contributed by atoms with van der Waals surface area (Å²) in [6, 6.07) is 42.2. The van der Waals surface area contributed by atoms with Gasteiger partial charge in [0.1, 0.15) is 40.1 Å². The number of phenolic OH excluding ortho intramolecular Hbond substituents is 1. The predicted molar refractivity (Wildman–Crippen MR) is 242 cm³/mol. The summed E-state index contributed by atoms with van der Waals surface area (Å²) in [6.45, 7) is 4.67. The van der Waals surface area contributed by atoms with Crippen molar-refractivity contribution >= 4 is 77.8 Å². The average Bonchev–Trinajstić information content (AvgIpc) is 3.29. The number of ether oxygens (including phenoxy) is 4. The SMILES string of the molecule is CCCOc1ccc2cc(N=Nc3cc(OC)c(N=Nc4cc(OC)c(N=Nc5ccc6cc(Nc7ccc(OC)cc7)ccc6c5O)cc4C)c4ccccc34)ccc2c1. The second-order valence-corrected chi connectivity index (χ2v) is 14.2. The third-order valence-electron chi connectivity index (χ3n) is 10.1. The fourth-order valence-electron chi connectivity index (χ4n) is 6.88. The molecule has 12 heteroatoms. The number of anilines is 2. The van der Waals surface area contributed by atoms with Crippen LogP contribution in [0.2, 0.25) is 0 Å². The van der Waals surface area contributed by atoms with E-state index in [2.05, 4.69) is 37.8 Å². The first kappa shape index (κ1) is 39.9. The van der Waals surface area contributed by atoms with Crippen LogP contribution in [0.1, 0.15) is 18.9 Å². The van der Waals surface area contributed by atoms with Gasteiger partial charge in [-0.15, -0.1) is 25.6 Å². The third kappa shape index (κ3) is 8.79. The van der Waals surface area contributed by atoms with Gasteiger partial charge >= 0.3 is 0 Å². The normalized spacial score (nSPS) is 11.7. The number of phenols is 1. The number of methoxy groups -OCH3 is 3. The summed E-state index contributed by atoms with van der Waals surface area (Å²) in [5.41, 5.74) is 5.82. The van der Waals surface area contributed by atoms with E-state index in [1.807, 2.05) is 128 Å². The Morgan fingerprint density at radius 3 is 1.97 bits per heavy atom. The summed E-state index contributed by atoms with van der Waals surface area (Å²) in [4.78, 5) is 0. The van der Waals surface area contributed by atoms with E-state index in [-0.39, 0.29) is 5.75 Å². The van der Waals surface area contributed by atoms with Crippen LogP contribution in [-0.4, -0.2) is 33.0 Å². The van der Waals surface area contributed by atoms with Crippen molar-refractivity contribution in [3.8, 4) is 28.7 Å². The van der Waals surface area contributed by atoms with Crippen LogP contribution in [0.25, 0.3) is 32.3 Å². The Morgan fingerprint density at radius 1 is 0.508 bits per heavy atom. The molecule has 0 fully saturated rings. The number of rotatable bonds is 14. The molecule has 0 spiro atoms. The zero-order valence-corrected chi connectivity index (χ0v) is 34.4. The quantitative estimate of drug-likeness (QED) is 0.105. The molecular formula is C49H43N7O5. The highest BCUT2D eigenvalue weighted by molar-refractivity contribution is 6.02. The summed E-state index contributed by atoms with van der Waals surface area (Å²) in [5.74, 6) is 2.58. The van der Waals surface area contributed by atoms with Gasteiger partial charge in [0, 0.05) is 39.7 Å². The molecule has 12 nitrogen and oxygen atoms in total. The van der Waals surface area contributed by atoms with Gasteiger partial charge in [-0.2, -0.15) is 5.11 Å². The van der Waals surface area contributed by atoms with Crippen LogP contribution in [-0.2, 0) is 0 Å². The maximum Gasteiger partial charge on any atom is 0.150 e. The second-order valence-electron chi connectivity index (χ2n) is 14.2. The number of benzene rings is 8.